The number of hydrogen-bond acceptors (Lipinski definition) is 2. The Hall–Kier alpha value is -1.26. The number of carbonyl (C=O) groups excluding carboxylic acids is 1. The van der Waals surface area contributed by atoms with Crippen LogP contribution >= 0.6 is 0 Å². The highest BCUT2D eigenvalue weighted by Crippen LogP contribution is 2.29. The number of carboxylic acid groups (broad SMARTS) is 1. The van der Waals surface area contributed by atoms with Crippen LogP contribution in [0.2, 0.25) is 0 Å². The van der Waals surface area contributed by atoms with Gasteiger partial charge in [0.25, 0.3) is 0 Å². The van der Waals surface area contributed by atoms with E-state index in [1.54, 1.807) is 4.90 Å². The number of aliphatic carboxylic acids is 1. The average molecular weight is 256 g/mol. The second-order valence-corrected chi connectivity index (χ2v) is 5.36. The third kappa shape index (κ3) is 4.20. The molecule has 0 aromatic carbocycles. The fourth-order valence-corrected chi connectivity index (χ4v) is 2.15. The minimum Gasteiger partial charge on any atom is -0.481 e. The molecule has 0 aromatic rings. The third-order valence-corrected chi connectivity index (χ3v) is 3.66. The number of amides is 2. The van der Waals surface area contributed by atoms with Crippen LogP contribution in [0.1, 0.15) is 46.5 Å². The molecule has 1 saturated carbocycles. The van der Waals surface area contributed by atoms with Gasteiger partial charge in [-0.25, -0.2) is 4.79 Å². The van der Waals surface area contributed by atoms with Crippen molar-refractivity contribution in [3.63, 3.8) is 0 Å². The molecule has 5 heteroatoms. The molecule has 1 fully saturated rings. The zero-order chi connectivity index (χ0) is 13.7. The summed E-state index contributed by atoms with van der Waals surface area (Å²) in [6, 6.07) is 0.0425. The van der Waals surface area contributed by atoms with E-state index in [2.05, 4.69) is 5.32 Å². The van der Waals surface area contributed by atoms with Gasteiger partial charge in [0, 0.05) is 18.6 Å². The summed E-state index contributed by atoms with van der Waals surface area (Å²) in [5, 5.41) is 11.7. The highest BCUT2D eigenvalue weighted by Gasteiger charge is 2.27. The van der Waals surface area contributed by atoms with Gasteiger partial charge in [0.2, 0.25) is 0 Å². The topological polar surface area (TPSA) is 69.6 Å². The first-order valence-electron chi connectivity index (χ1n) is 6.70. The van der Waals surface area contributed by atoms with E-state index < -0.39 is 5.97 Å². The summed E-state index contributed by atoms with van der Waals surface area (Å²) in [4.78, 5) is 24.2. The number of rotatable bonds is 6. The zero-order valence-corrected chi connectivity index (χ0v) is 11.5. The fraction of sp³-hybridized carbons (Fsp3) is 0.846. The lowest BCUT2D eigenvalue weighted by Crippen LogP contribution is -2.50. The van der Waals surface area contributed by atoms with Crippen molar-refractivity contribution in [2.24, 2.45) is 5.92 Å². The van der Waals surface area contributed by atoms with Crippen LogP contribution in [-0.2, 0) is 4.79 Å². The highest BCUT2D eigenvalue weighted by molar-refractivity contribution is 5.75. The summed E-state index contributed by atoms with van der Waals surface area (Å²) >= 11 is 0. The van der Waals surface area contributed by atoms with Crippen molar-refractivity contribution in [3.8, 4) is 0 Å². The van der Waals surface area contributed by atoms with Gasteiger partial charge in [-0.3, -0.25) is 4.79 Å². The maximum Gasteiger partial charge on any atom is 0.317 e. The standard InChI is InChI=1S/C13H24N2O3/c1-9(2)15(8-7-12(16)17)13(18)14-10(3)11-5-4-6-11/h9-11H,4-8H2,1-3H3,(H,14,18)(H,16,17). The van der Waals surface area contributed by atoms with Crippen LogP contribution in [0.15, 0.2) is 0 Å². The summed E-state index contributed by atoms with van der Waals surface area (Å²) in [5.41, 5.74) is 0. The molecule has 0 bridgehead atoms. The van der Waals surface area contributed by atoms with E-state index in [-0.39, 0.29) is 31.1 Å². The predicted molar refractivity (Wildman–Crippen MR) is 69.4 cm³/mol. The number of hydrogen-bond donors (Lipinski definition) is 2. The van der Waals surface area contributed by atoms with Gasteiger partial charge >= 0.3 is 12.0 Å². The van der Waals surface area contributed by atoms with Crippen LogP contribution < -0.4 is 5.32 Å². The second-order valence-electron chi connectivity index (χ2n) is 5.36. The van der Waals surface area contributed by atoms with Crippen molar-refractivity contribution in [1.29, 1.82) is 0 Å². The van der Waals surface area contributed by atoms with Crippen molar-refractivity contribution < 1.29 is 14.7 Å². The molecule has 0 aromatic heterocycles. The van der Waals surface area contributed by atoms with E-state index in [0.717, 1.165) is 0 Å². The van der Waals surface area contributed by atoms with Gasteiger partial charge in [-0.05, 0) is 39.5 Å². The van der Waals surface area contributed by atoms with Gasteiger partial charge in [0.15, 0.2) is 0 Å². The van der Waals surface area contributed by atoms with E-state index in [1.165, 1.54) is 19.3 Å². The molecule has 2 amide bonds. The van der Waals surface area contributed by atoms with Gasteiger partial charge in [-0.1, -0.05) is 6.42 Å². The molecular weight excluding hydrogens is 232 g/mol. The predicted octanol–water partition coefficient (Wildman–Crippen LogP) is 2.07. The summed E-state index contributed by atoms with van der Waals surface area (Å²) in [6.45, 7) is 6.08. The van der Waals surface area contributed by atoms with E-state index in [4.69, 9.17) is 5.11 Å². The minimum atomic E-state index is -0.875. The van der Waals surface area contributed by atoms with Crippen LogP contribution in [0.3, 0.4) is 0 Å². The van der Waals surface area contributed by atoms with E-state index >= 15 is 0 Å². The second kappa shape index (κ2) is 6.61. The fourth-order valence-electron chi connectivity index (χ4n) is 2.15. The molecule has 104 valence electrons. The van der Waals surface area contributed by atoms with E-state index in [9.17, 15) is 9.59 Å². The van der Waals surface area contributed by atoms with Crippen LogP contribution in [0.4, 0.5) is 4.79 Å². The smallest absolute Gasteiger partial charge is 0.317 e. The molecule has 1 rings (SSSR count). The molecule has 5 nitrogen and oxygen atoms in total. The number of carbonyl (C=O) groups is 2. The lowest BCUT2D eigenvalue weighted by atomic mass is 9.80. The molecule has 0 aliphatic heterocycles. The third-order valence-electron chi connectivity index (χ3n) is 3.66. The minimum absolute atomic E-state index is 0.0105. The molecule has 0 radical (unpaired) electrons. The van der Waals surface area contributed by atoms with Crippen molar-refractivity contribution in [3.05, 3.63) is 0 Å². The first-order valence-corrected chi connectivity index (χ1v) is 6.70. The SMILES string of the molecule is CC(NC(=O)N(CCC(=O)O)C(C)C)C1CCC1. The molecule has 1 unspecified atom stereocenters. The Kier molecular flexibility index (Phi) is 5.44. The number of nitrogens with zero attached hydrogens (tertiary/aromatic N) is 1. The summed E-state index contributed by atoms with van der Waals surface area (Å²) in [5.74, 6) is -0.289. The molecule has 2 N–H and O–H groups in total. The Morgan fingerprint density at radius 2 is 1.94 bits per heavy atom. The van der Waals surface area contributed by atoms with Crippen LogP contribution in [-0.4, -0.2) is 40.6 Å². The molecular formula is C13H24N2O3. The Morgan fingerprint density at radius 1 is 1.33 bits per heavy atom. The first kappa shape index (κ1) is 14.8. The Balaban J connectivity index is 2.45. The number of urea groups is 1. The summed E-state index contributed by atoms with van der Waals surface area (Å²) in [6.07, 6.45) is 3.59. The first-order chi connectivity index (χ1) is 8.41. The Morgan fingerprint density at radius 3 is 2.33 bits per heavy atom. The summed E-state index contributed by atoms with van der Waals surface area (Å²) < 4.78 is 0. The maximum atomic E-state index is 12.1. The van der Waals surface area contributed by atoms with E-state index in [0.29, 0.717) is 5.92 Å². The normalized spacial score (nSPS) is 17.1. The molecule has 1 atom stereocenters. The van der Waals surface area contributed by atoms with Gasteiger partial charge in [0.1, 0.15) is 0 Å². The Bertz CT molecular complexity index is 301. The lowest BCUT2D eigenvalue weighted by molar-refractivity contribution is -0.137. The van der Waals surface area contributed by atoms with Crippen molar-refractivity contribution in [2.45, 2.75) is 58.5 Å². The molecule has 0 spiro atoms. The van der Waals surface area contributed by atoms with Crippen LogP contribution in [0, 0.1) is 5.92 Å². The largest absolute Gasteiger partial charge is 0.481 e. The quantitative estimate of drug-likeness (QED) is 0.764. The van der Waals surface area contributed by atoms with E-state index in [1.807, 2.05) is 20.8 Å². The molecule has 1 aliphatic rings. The molecule has 0 heterocycles. The maximum absolute atomic E-state index is 12.1. The van der Waals surface area contributed by atoms with Gasteiger partial charge in [-0.2, -0.15) is 0 Å². The average Bonchev–Trinajstić information content (AvgIpc) is 2.13. The number of carboxylic acids is 1. The molecule has 0 saturated heterocycles. The molecule has 1 aliphatic carbocycles. The van der Waals surface area contributed by atoms with Crippen molar-refractivity contribution in [2.75, 3.05) is 6.54 Å². The number of nitrogens with one attached hydrogen (secondary N) is 1. The highest BCUT2D eigenvalue weighted by atomic mass is 16.4. The lowest BCUT2D eigenvalue weighted by Gasteiger charge is -2.34. The Labute approximate surface area is 109 Å². The van der Waals surface area contributed by atoms with Gasteiger partial charge in [0.05, 0.1) is 6.42 Å². The van der Waals surface area contributed by atoms with Crippen molar-refractivity contribution in [1.82, 2.24) is 10.2 Å². The van der Waals surface area contributed by atoms with Crippen molar-refractivity contribution >= 4 is 12.0 Å². The van der Waals surface area contributed by atoms with Crippen LogP contribution in [0.5, 0.6) is 0 Å². The van der Waals surface area contributed by atoms with Gasteiger partial charge < -0.3 is 15.3 Å². The monoisotopic (exact) mass is 256 g/mol. The summed E-state index contributed by atoms with van der Waals surface area (Å²) in [7, 11) is 0. The van der Waals surface area contributed by atoms with Gasteiger partial charge in [-0.15, -0.1) is 0 Å². The van der Waals surface area contributed by atoms with Crippen LogP contribution in [0.25, 0.3) is 0 Å². The molecule has 18 heavy (non-hydrogen) atoms. The zero-order valence-electron chi connectivity index (χ0n) is 11.5.